The predicted octanol–water partition coefficient (Wildman–Crippen LogP) is 4.63. The Labute approximate surface area is 204 Å². The minimum absolute atomic E-state index is 0.0502. The summed E-state index contributed by atoms with van der Waals surface area (Å²) in [5.74, 6) is 2.56. The minimum Gasteiger partial charge on any atom is -0.497 e. The smallest absolute Gasteiger partial charge is 0.226 e. The first kappa shape index (κ1) is 23.8. The largest absolute Gasteiger partial charge is 0.497 e. The maximum absolute atomic E-state index is 12.6. The van der Waals surface area contributed by atoms with Gasteiger partial charge in [0.2, 0.25) is 11.8 Å². The van der Waals surface area contributed by atoms with Crippen LogP contribution in [0.2, 0.25) is 0 Å². The van der Waals surface area contributed by atoms with E-state index in [1.54, 1.807) is 31.3 Å². The fourth-order valence-corrected chi connectivity index (χ4v) is 3.63. The van der Waals surface area contributed by atoms with E-state index in [-0.39, 0.29) is 5.91 Å². The number of ether oxygens (including phenoxy) is 3. The fourth-order valence-electron chi connectivity index (χ4n) is 3.63. The zero-order valence-electron chi connectivity index (χ0n) is 20.0. The van der Waals surface area contributed by atoms with Crippen LogP contribution in [0.3, 0.4) is 0 Å². The highest BCUT2D eigenvalue weighted by atomic mass is 16.5. The summed E-state index contributed by atoms with van der Waals surface area (Å²) in [6, 6.07) is 18.7. The number of hydrogen-bond donors (Lipinski definition) is 1. The fraction of sp³-hybridized carbons (Fsp3) is 0.222. The van der Waals surface area contributed by atoms with Crippen molar-refractivity contribution in [3.63, 3.8) is 0 Å². The maximum atomic E-state index is 12.6. The molecule has 0 aliphatic carbocycles. The molecule has 180 valence electrons. The number of nitrogens with one attached hydrogen (secondary N) is 1. The lowest BCUT2D eigenvalue weighted by molar-refractivity contribution is -0.121. The highest BCUT2D eigenvalue weighted by Crippen LogP contribution is 2.33. The third-order valence-corrected chi connectivity index (χ3v) is 5.55. The normalized spacial score (nSPS) is 10.6. The summed E-state index contributed by atoms with van der Waals surface area (Å²) in [6.45, 7) is 2.38. The number of carbonyl (C=O) groups excluding carboxylic acids is 1. The average Bonchev–Trinajstić information content (AvgIpc) is 3.21. The van der Waals surface area contributed by atoms with Gasteiger partial charge < -0.3 is 19.5 Å². The first-order valence-electron chi connectivity index (χ1n) is 11.3. The molecule has 0 bridgehead atoms. The Hall–Kier alpha value is -4.33. The first-order chi connectivity index (χ1) is 17.1. The third kappa shape index (κ3) is 5.97. The molecule has 2 heterocycles. The molecule has 4 aromatic rings. The van der Waals surface area contributed by atoms with E-state index in [2.05, 4.69) is 10.3 Å². The first-order valence-corrected chi connectivity index (χ1v) is 11.3. The molecule has 2 aromatic heterocycles. The van der Waals surface area contributed by atoms with Gasteiger partial charge in [-0.25, -0.2) is 4.68 Å². The number of benzene rings is 2. The number of aromatic nitrogens is 3. The molecule has 2 aromatic carbocycles. The lowest BCUT2D eigenvalue weighted by atomic mass is 10.1. The molecule has 4 rings (SSSR count). The summed E-state index contributed by atoms with van der Waals surface area (Å²) >= 11 is 0. The molecule has 0 aliphatic rings. The highest BCUT2D eigenvalue weighted by molar-refractivity contribution is 5.76. The number of amides is 1. The van der Waals surface area contributed by atoms with Crippen LogP contribution in [0.15, 0.2) is 73.1 Å². The number of hydrogen-bond acceptors (Lipinski definition) is 6. The number of methoxy groups -OCH3 is 2. The molecule has 0 aliphatic heterocycles. The Morgan fingerprint density at radius 2 is 1.66 bits per heavy atom. The third-order valence-electron chi connectivity index (χ3n) is 5.55. The molecule has 0 spiro atoms. The Kier molecular flexibility index (Phi) is 7.62. The Bertz CT molecular complexity index is 1270. The van der Waals surface area contributed by atoms with Crippen molar-refractivity contribution in [2.24, 2.45) is 0 Å². The predicted molar refractivity (Wildman–Crippen MR) is 132 cm³/mol. The molecule has 0 saturated carbocycles. The van der Waals surface area contributed by atoms with Crippen LogP contribution in [0.1, 0.15) is 23.2 Å². The molecule has 1 N–H and O–H groups in total. The molecule has 35 heavy (non-hydrogen) atoms. The van der Waals surface area contributed by atoms with Crippen LogP contribution >= 0.6 is 0 Å². The summed E-state index contributed by atoms with van der Waals surface area (Å²) in [6.07, 6.45) is 4.19. The van der Waals surface area contributed by atoms with Gasteiger partial charge in [0.05, 0.1) is 25.6 Å². The van der Waals surface area contributed by atoms with Gasteiger partial charge in [0.1, 0.15) is 17.2 Å². The van der Waals surface area contributed by atoms with Crippen molar-refractivity contribution in [3.05, 3.63) is 89.9 Å². The topological polar surface area (TPSA) is 87.5 Å². The van der Waals surface area contributed by atoms with Gasteiger partial charge >= 0.3 is 0 Å². The van der Waals surface area contributed by atoms with E-state index in [0.29, 0.717) is 36.8 Å². The van der Waals surface area contributed by atoms with E-state index in [0.717, 1.165) is 28.3 Å². The molecule has 0 radical (unpaired) electrons. The van der Waals surface area contributed by atoms with E-state index >= 15 is 0 Å². The van der Waals surface area contributed by atoms with Gasteiger partial charge in [0.25, 0.3) is 0 Å². The van der Waals surface area contributed by atoms with Crippen molar-refractivity contribution >= 4 is 5.91 Å². The van der Waals surface area contributed by atoms with E-state index < -0.39 is 0 Å². The van der Waals surface area contributed by atoms with Crippen LogP contribution in [0.25, 0.3) is 5.69 Å². The van der Waals surface area contributed by atoms with Crippen LogP contribution in [0, 0.1) is 6.92 Å². The molecule has 8 nitrogen and oxygen atoms in total. The van der Waals surface area contributed by atoms with Crippen molar-refractivity contribution in [1.82, 2.24) is 20.1 Å². The van der Waals surface area contributed by atoms with Crippen LogP contribution < -0.4 is 19.5 Å². The lowest BCUT2D eigenvalue weighted by Gasteiger charge is -2.13. The van der Waals surface area contributed by atoms with Crippen molar-refractivity contribution in [1.29, 1.82) is 0 Å². The van der Waals surface area contributed by atoms with Crippen molar-refractivity contribution in [3.8, 4) is 28.8 Å². The van der Waals surface area contributed by atoms with Gasteiger partial charge in [0, 0.05) is 37.0 Å². The SMILES string of the molecule is COc1ccc(-n2nc(C)c(CCC(=O)NCc3ccncc3)c2Oc2cccc(OC)c2)cc1. The lowest BCUT2D eigenvalue weighted by Crippen LogP contribution is -2.23. The van der Waals surface area contributed by atoms with Gasteiger partial charge in [-0.1, -0.05) is 6.07 Å². The van der Waals surface area contributed by atoms with Crippen LogP contribution in [-0.4, -0.2) is 34.9 Å². The monoisotopic (exact) mass is 472 g/mol. The van der Waals surface area contributed by atoms with Gasteiger partial charge in [-0.05, 0) is 67.4 Å². The number of carbonyl (C=O) groups is 1. The van der Waals surface area contributed by atoms with Gasteiger partial charge in [-0.15, -0.1) is 0 Å². The van der Waals surface area contributed by atoms with Gasteiger partial charge in [-0.3, -0.25) is 9.78 Å². The second-order valence-electron chi connectivity index (χ2n) is 7.89. The summed E-state index contributed by atoms with van der Waals surface area (Å²) in [5.41, 5.74) is 3.47. The molecule has 0 fully saturated rings. The number of aryl methyl sites for hydroxylation is 1. The molecular weight excluding hydrogens is 444 g/mol. The second kappa shape index (κ2) is 11.2. The molecule has 8 heteroatoms. The molecular formula is C27H28N4O4. The zero-order chi connectivity index (χ0) is 24.6. The van der Waals surface area contributed by atoms with Crippen molar-refractivity contribution < 1.29 is 19.0 Å². The maximum Gasteiger partial charge on any atom is 0.226 e. The summed E-state index contributed by atoms with van der Waals surface area (Å²) in [7, 11) is 3.24. The van der Waals surface area contributed by atoms with E-state index in [1.165, 1.54) is 0 Å². The van der Waals surface area contributed by atoms with Crippen molar-refractivity contribution in [2.45, 2.75) is 26.3 Å². The number of rotatable bonds is 10. The quantitative estimate of drug-likeness (QED) is 0.362. The Balaban J connectivity index is 1.58. The van der Waals surface area contributed by atoms with Crippen molar-refractivity contribution in [2.75, 3.05) is 14.2 Å². The van der Waals surface area contributed by atoms with Gasteiger partial charge in [-0.2, -0.15) is 5.10 Å². The highest BCUT2D eigenvalue weighted by Gasteiger charge is 2.20. The van der Waals surface area contributed by atoms with Crippen LogP contribution in [0.4, 0.5) is 0 Å². The average molecular weight is 473 g/mol. The van der Waals surface area contributed by atoms with E-state index in [9.17, 15) is 4.79 Å². The Morgan fingerprint density at radius 1 is 0.943 bits per heavy atom. The molecule has 1 amide bonds. The van der Waals surface area contributed by atoms with Crippen LogP contribution in [0.5, 0.6) is 23.1 Å². The summed E-state index contributed by atoms with van der Waals surface area (Å²) in [5, 5.41) is 7.69. The number of nitrogens with zero attached hydrogens (tertiary/aromatic N) is 3. The summed E-state index contributed by atoms with van der Waals surface area (Å²) in [4.78, 5) is 16.6. The van der Waals surface area contributed by atoms with E-state index in [4.69, 9.17) is 19.3 Å². The Morgan fingerprint density at radius 3 is 2.37 bits per heavy atom. The molecule has 0 saturated heterocycles. The second-order valence-corrected chi connectivity index (χ2v) is 7.89. The number of pyridine rings is 1. The van der Waals surface area contributed by atoms with Crippen LogP contribution in [-0.2, 0) is 17.8 Å². The standard InChI is InChI=1S/C27H28N4O4/c1-19-25(11-12-26(32)29-18-20-13-15-28-16-14-20)27(35-24-6-4-5-23(17-24)34-3)31(30-19)21-7-9-22(33-2)10-8-21/h4-10,13-17H,11-12,18H2,1-3H3,(H,29,32). The van der Waals surface area contributed by atoms with Gasteiger partial charge in [0.15, 0.2) is 0 Å². The minimum atomic E-state index is -0.0502. The zero-order valence-corrected chi connectivity index (χ0v) is 20.0. The summed E-state index contributed by atoms with van der Waals surface area (Å²) < 4.78 is 18.7. The van der Waals surface area contributed by atoms with E-state index in [1.807, 2.05) is 67.6 Å². The molecule has 0 unspecified atom stereocenters. The molecule has 0 atom stereocenters.